The Kier molecular flexibility index (Phi) is 4.25. The van der Waals surface area contributed by atoms with Crippen molar-refractivity contribution in [2.45, 2.75) is 12.5 Å². The average molecular weight is 309 g/mol. The quantitative estimate of drug-likeness (QED) is 0.699. The maximum absolute atomic E-state index is 11.8. The van der Waals surface area contributed by atoms with E-state index in [1.54, 1.807) is 17.3 Å². The first-order valence-electron chi connectivity index (χ1n) is 7.00. The molecule has 0 saturated carbocycles. The van der Waals surface area contributed by atoms with Crippen molar-refractivity contribution in [1.82, 2.24) is 9.88 Å². The van der Waals surface area contributed by atoms with Crippen molar-refractivity contribution in [3.8, 4) is 0 Å². The largest absolute Gasteiger partial charge is 0.332 e. The summed E-state index contributed by atoms with van der Waals surface area (Å²) in [4.78, 5) is 17.5. The summed E-state index contributed by atoms with van der Waals surface area (Å²) < 4.78 is 0. The van der Waals surface area contributed by atoms with Crippen molar-refractivity contribution in [1.29, 1.82) is 0 Å². The number of hydrogen-bond donors (Lipinski definition) is 1. The number of carbonyl (C=O) groups excluding carboxylic acids is 1. The molecule has 1 saturated heterocycles. The molecular formula is C17H15N3OS. The Morgan fingerprint density at radius 2 is 2.09 bits per heavy atom. The molecule has 5 heteroatoms. The minimum Gasteiger partial charge on any atom is -0.332 e. The second-order valence-corrected chi connectivity index (χ2v) is 5.36. The number of aromatic nitrogens is 1. The van der Waals surface area contributed by atoms with Gasteiger partial charge in [-0.3, -0.25) is 14.7 Å². The molecule has 1 aliphatic heterocycles. The summed E-state index contributed by atoms with van der Waals surface area (Å²) in [5.74, 6) is 0.0364. The normalized spacial score (nSPS) is 17.4. The van der Waals surface area contributed by atoms with Crippen molar-refractivity contribution in [2.75, 3.05) is 5.32 Å². The van der Waals surface area contributed by atoms with Crippen LogP contribution < -0.4 is 5.32 Å². The molecule has 1 fully saturated rings. The fourth-order valence-electron chi connectivity index (χ4n) is 2.26. The molecule has 1 aromatic heterocycles. The molecule has 1 atom stereocenters. The number of thiocarbonyl (C=S) groups is 1. The number of pyridine rings is 1. The van der Waals surface area contributed by atoms with Crippen LogP contribution >= 0.6 is 12.2 Å². The van der Waals surface area contributed by atoms with Gasteiger partial charge in [0.25, 0.3) is 0 Å². The van der Waals surface area contributed by atoms with Crippen LogP contribution in [0.15, 0.2) is 60.9 Å². The van der Waals surface area contributed by atoms with E-state index >= 15 is 0 Å². The maximum Gasteiger partial charge on any atom is 0.231 e. The molecule has 0 unspecified atom stereocenters. The lowest BCUT2D eigenvalue weighted by molar-refractivity contribution is -0.136. The summed E-state index contributed by atoms with van der Waals surface area (Å²) in [5, 5.41) is 3.53. The summed E-state index contributed by atoms with van der Waals surface area (Å²) >= 11 is 5.34. The third-order valence-corrected chi connectivity index (χ3v) is 3.72. The van der Waals surface area contributed by atoms with Gasteiger partial charge in [-0.2, -0.15) is 0 Å². The number of amides is 1. The summed E-state index contributed by atoms with van der Waals surface area (Å²) in [7, 11) is 0. The number of β-lactam (4-membered cyclic amide) rings is 1. The number of hydrogen-bond acceptors (Lipinski definition) is 3. The first kappa shape index (κ1) is 14.4. The number of nitrogens with zero attached hydrogens (tertiary/aromatic N) is 2. The molecule has 2 heterocycles. The highest BCUT2D eigenvalue weighted by atomic mass is 32.1. The lowest BCUT2D eigenvalue weighted by Gasteiger charge is -2.38. The number of rotatable bonds is 3. The first-order valence-corrected chi connectivity index (χ1v) is 7.41. The predicted octanol–water partition coefficient (Wildman–Crippen LogP) is 3.09. The number of benzene rings is 1. The van der Waals surface area contributed by atoms with Crippen LogP contribution in [0.4, 0.5) is 5.69 Å². The van der Waals surface area contributed by atoms with Gasteiger partial charge in [0, 0.05) is 18.1 Å². The van der Waals surface area contributed by atoms with Crippen LogP contribution in [0.2, 0.25) is 0 Å². The molecule has 0 aliphatic carbocycles. The Morgan fingerprint density at radius 1 is 1.27 bits per heavy atom. The van der Waals surface area contributed by atoms with Gasteiger partial charge in [0.15, 0.2) is 5.11 Å². The van der Waals surface area contributed by atoms with Crippen LogP contribution in [-0.4, -0.2) is 26.9 Å². The van der Waals surface area contributed by atoms with Gasteiger partial charge in [0.1, 0.15) is 0 Å². The Balaban J connectivity index is 1.66. The molecule has 1 N–H and O–H groups in total. The van der Waals surface area contributed by atoms with Gasteiger partial charge in [0.2, 0.25) is 5.91 Å². The van der Waals surface area contributed by atoms with Crippen molar-refractivity contribution in [3.63, 3.8) is 0 Å². The lowest BCUT2D eigenvalue weighted by atomic mass is 10.0. The van der Waals surface area contributed by atoms with Crippen molar-refractivity contribution < 1.29 is 4.79 Å². The second-order valence-electron chi connectivity index (χ2n) is 4.98. The molecule has 2 aromatic rings. The molecule has 22 heavy (non-hydrogen) atoms. The van der Waals surface area contributed by atoms with E-state index in [0.29, 0.717) is 11.5 Å². The molecule has 1 aromatic carbocycles. The topological polar surface area (TPSA) is 45.2 Å². The Morgan fingerprint density at radius 3 is 2.77 bits per heavy atom. The second kappa shape index (κ2) is 6.49. The first-order chi connectivity index (χ1) is 10.7. The van der Waals surface area contributed by atoms with Crippen LogP contribution in [-0.2, 0) is 4.79 Å². The third kappa shape index (κ3) is 3.20. The summed E-state index contributed by atoms with van der Waals surface area (Å²) in [6.07, 6.45) is 7.93. The van der Waals surface area contributed by atoms with Gasteiger partial charge < -0.3 is 5.32 Å². The zero-order chi connectivity index (χ0) is 15.4. The van der Waals surface area contributed by atoms with Gasteiger partial charge in [0.05, 0.1) is 12.5 Å². The third-order valence-electron chi connectivity index (χ3n) is 3.42. The number of nitrogens with one attached hydrogen (secondary N) is 1. The molecule has 110 valence electrons. The highest BCUT2D eigenvalue weighted by molar-refractivity contribution is 7.80. The Bertz CT molecular complexity index is 700. The number of likely N-dealkylation sites (tertiary alicyclic amines) is 1. The van der Waals surface area contributed by atoms with E-state index in [0.717, 1.165) is 11.3 Å². The van der Waals surface area contributed by atoms with E-state index in [1.165, 1.54) is 0 Å². The highest BCUT2D eigenvalue weighted by Gasteiger charge is 2.37. The van der Waals surface area contributed by atoms with E-state index in [1.807, 2.05) is 54.6 Å². The fraction of sp³-hybridized carbons (Fsp3) is 0.118. The summed E-state index contributed by atoms with van der Waals surface area (Å²) in [6, 6.07) is 13.4. The molecule has 1 amide bonds. The number of para-hydroxylation sites is 1. The Labute approximate surface area is 134 Å². The summed E-state index contributed by atoms with van der Waals surface area (Å²) in [6.45, 7) is 0. The van der Waals surface area contributed by atoms with E-state index < -0.39 is 0 Å². The number of carbonyl (C=O) groups is 1. The van der Waals surface area contributed by atoms with Gasteiger partial charge in [-0.1, -0.05) is 36.4 Å². The lowest BCUT2D eigenvalue weighted by Crippen LogP contribution is -2.56. The predicted molar refractivity (Wildman–Crippen MR) is 91.2 cm³/mol. The van der Waals surface area contributed by atoms with E-state index in [-0.39, 0.29) is 11.9 Å². The minimum atomic E-state index is -0.00332. The van der Waals surface area contributed by atoms with Gasteiger partial charge in [-0.05, 0) is 36.0 Å². The SMILES string of the molecule is O=C1C[C@@H](/C=C/c2cccnc2)N1C(=S)Nc1ccccc1. The minimum absolute atomic E-state index is 0.00332. The van der Waals surface area contributed by atoms with Crippen LogP contribution in [0, 0.1) is 0 Å². The molecule has 3 rings (SSSR count). The van der Waals surface area contributed by atoms with Crippen molar-refractivity contribution in [3.05, 3.63) is 66.5 Å². The molecule has 0 spiro atoms. The monoisotopic (exact) mass is 309 g/mol. The van der Waals surface area contributed by atoms with Gasteiger partial charge in [-0.25, -0.2) is 0 Å². The van der Waals surface area contributed by atoms with E-state index in [9.17, 15) is 4.79 Å². The zero-order valence-corrected chi connectivity index (χ0v) is 12.7. The molecule has 0 radical (unpaired) electrons. The Hall–Kier alpha value is -2.53. The van der Waals surface area contributed by atoms with E-state index in [4.69, 9.17) is 12.2 Å². The molecular weight excluding hydrogens is 294 g/mol. The fourth-order valence-corrected chi connectivity index (χ4v) is 2.62. The zero-order valence-electron chi connectivity index (χ0n) is 11.8. The molecule has 1 aliphatic rings. The highest BCUT2D eigenvalue weighted by Crippen LogP contribution is 2.23. The van der Waals surface area contributed by atoms with Crippen molar-refractivity contribution in [2.24, 2.45) is 0 Å². The van der Waals surface area contributed by atoms with Crippen LogP contribution in [0.25, 0.3) is 6.08 Å². The molecule has 0 bridgehead atoms. The van der Waals surface area contributed by atoms with Crippen LogP contribution in [0.3, 0.4) is 0 Å². The van der Waals surface area contributed by atoms with Crippen LogP contribution in [0.1, 0.15) is 12.0 Å². The summed E-state index contributed by atoms with van der Waals surface area (Å²) in [5.41, 5.74) is 1.88. The van der Waals surface area contributed by atoms with Crippen LogP contribution in [0.5, 0.6) is 0 Å². The van der Waals surface area contributed by atoms with Crippen molar-refractivity contribution >= 4 is 35.0 Å². The smallest absolute Gasteiger partial charge is 0.231 e. The van der Waals surface area contributed by atoms with Gasteiger partial charge in [-0.15, -0.1) is 0 Å². The van der Waals surface area contributed by atoms with Gasteiger partial charge >= 0.3 is 0 Å². The molecule has 4 nitrogen and oxygen atoms in total. The number of anilines is 1. The van der Waals surface area contributed by atoms with E-state index in [2.05, 4.69) is 10.3 Å². The maximum atomic E-state index is 11.8. The standard InChI is InChI=1S/C17H15N3OS/c21-16-11-15(9-8-13-5-4-10-18-12-13)20(16)17(22)19-14-6-2-1-3-7-14/h1-10,12,15H,11H2,(H,19,22)/b9-8+/t15-/m1/s1. The average Bonchev–Trinajstić information content (AvgIpc) is 2.53.